The molecule has 0 aromatic carbocycles. The molecule has 1 unspecified atom stereocenters. The number of aliphatic carboxylic acids is 1. The average Bonchev–Trinajstić information content (AvgIpc) is 2.11. The van der Waals surface area contributed by atoms with Crippen LogP contribution in [0.4, 0.5) is 13.6 Å². The molecule has 0 bridgehead atoms. The molecule has 0 saturated carbocycles. The standard InChI is InChI=1S/C10H16F2O6/c1-8(2,3)18-7(15)17-5-9(4,16)10(11,12)6(13)14/h16H,5H2,1-4H3,(H,13,14)/p-1. The quantitative estimate of drug-likeness (QED) is 0.726. The smallest absolute Gasteiger partial charge is 0.508 e. The predicted octanol–water partition coefficient (Wildman–Crippen LogP) is 0.0743. The van der Waals surface area contributed by atoms with E-state index >= 15 is 0 Å². The second-order valence-corrected chi connectivity index (χ2v) is 4.89. The summed E-state index contributed by atoms with van der Waals surface area (Å²) in [5, 5.41) is 19.4. The summed E-state index contributed by atoms with van der Waals surface area (Å²) >= 11 is 0. The van der Waals surface area contributed by atoms with Crippen LogP contribution >= 0.6 is 0 Å². The maximum Gasteiger partial charge on any atom is 0.508 e. The second kappa shape index (κ2) is 5.05. The highest BCUT2D eigenvalue weighted by molar-refractivity contribution is 5.75. The summed E-state index contributed by atoms with van der Waals surface area (Å²) in [6, 6.07) is 0. The van der Waals surface area contributed by atoms with Gasteiger partial charge in [-0.3, -0.25) is 0 Å². The minimum Gasteiger partial charge on any atom is -0.544 e. The molecule has 0 aromatic rings. The Morgan fingerprint density at radius 3 is 2.00 bits per heavy atom. The fourth-order valence-electron chi connectivity index (χ4n) is 0.789. The highest BCUT2D eigenvalue weighted by Crippen LogP contribution is 2.28. The fraction of sp³-hybridized carbons (Fsp3) is 0.800. The molecule has 18 heavy (non-hydrogen) atoms. The summed E-state index contributed by atoms with van der Waals surface area (Å²) in [4.78, 5) is 21.2. The molecule has 6 nitrogen and oxygen atoms in total. The number of hydrogen-bond acceptors (Lipinski definition) is 6. The molecule has 0 heterocycles. The molecule has 106 valence electrons. The van der Waals surface area contributed by atoms with E-state index in [0.717, 1.165) is 0 Å². The number of rotatable bonds is 4. The van der Waals surface area contributed by atoms with Crippen molar-refractivity contribution in [1.82, 2.24) is 0 Å². The molecule has 0 aromatic heterocycles. The number of carboxylic acids is 1. The molecule has 1 atom stereocenters. The number of alkyl halides is 2. The lowest BCUT2D eigenvalue weighted by Crippen LogP contribution is -2.59. The molecule has 0 saturated heterocycles. The number of aliphatic hydroxyl groups is 1. The molecule has 0 fully saturated rings. The van der Waals surface area contributed by atoms with Gasteiger partial charge in [0.25, 0.3) is 0 Å². The van der Waals surface area contributed by atoms with Crippen molar-refractivity contribution >= 4 is 12.1 Å². The maximum atomic E-state index is 13.0. The normalized spacial score (nSPS) is 15.7. The number of hydrogen-bond donors (Lipinski definition) is 1. The zero-order valence-corrected chi connectivity index (χ0v) is 10.5. The first-order valence-corrected chi connectivity index (χ1v) is 4.97. The Morgan fingerprint density at radius 2 is 1.67 bits per heavy atom. The Hall–Kier alpha value is -1.44. The van der Waals surface area contributed by atoms with Crippen LogP contribution in [0.15, 0.2) is 0 Å². The molecule has 0 aliphatic rings. The zero-order chi connectivity index (χ0) is 14.8. The highest BCUT2D eigenvalue weighted by atomic mass is 19.3. The Labute approximate surface area is 102 Å². The summed E-state index contributed by atoms with van der Waals surface area (Å²) in [7, 11) is 0. The Kier molecular flexibility index (Phi) is 4.65. The van der Waals surface area contributed by atoms with E-state index in [1.807, 2.05) is 0 Å². The number of ether oxygens (including phenoxy) is 2. The molecule has 0 aliphatic heterocycles. The van der Waals surface area contributed by atoms with Crippen molar-refractivity contribution in [2.45, 2.75) is 44.8 Å². The maximum absolute atomic E-state index is 13.0. The first-order chi connectivity index (χ1) is 7.79. The van der Waals surface area contributed by atoms with Crippen molar-refractivity contribution in [3.05, 3.63) is 0 Å². The number of carboxylic acid groups (broad SMARTS) is 1. The van der Waals surface area contributed by atoms with Crippen molar-refractivity contribution in [3.63, 3.8) is 0 Å². The van der Waals surface area contributed by atoms with Crippen LogP contribution < -0.4 is 5.11 Å². The van der Waals surface area contributed by atoms with Crippen LogP contribution in [0.2, 0.25) is 0 Å². The molecule has 0 rings (SSSR count). The van der Waals surface area contributed by atoms with Crippen LogP contribution in [0.1, 0.15) is 27.7 Å². The van der Waals surface area contributed by atoms with Gasteiger partial charge in [-0.2, -0.15) is 8.78 Å². The predicted molar refractivity (Wildman–Crippen MR) is 52.8 cm³/mol. The van der Waals surface area contributed by atoms with Gasteiger partial charge in [-0.05, 0) is 27.7 Å². The van der Waals surface area contributed by atoms with Crippen molar-refractivity contribution < 1.29 is 38.1 Å². The monoisotopic (exact) mass is 269 g/mol. The van der Waals surface area contributed by atoms with Gasteiger partial charge in [-0.25, -0.2) is 4.79 Å². The van der Waals surface area contributed by atoms with E-state index < -0.39 is 35.9 Å². The third kappa shape index (κ3) is 4.44. The Bertz CT molecular complexity index is 332. The first kappa shape index (κ1) is 16.6. The molecule has 0 radical (unpaired) electrons. The van der Waals surface area contributed by atoms with Crippen molar-refractivity contribution in [2.24, 2.45) is 0 Å². The molecule has 0 amide bonds. The lowest BCUT2D eigenvalue weighted by molar-refractivity contribution is -0.344. The first-order valence-electron chi connectivity index (χ1n) is 4.97. The largest absolute Gasteiger partial charge is 0.544 e. The molecular weight excluding hydrogens is 254 g/mol. The van der Waals surface area contributed by atoms with E-state index in [4.69, 9.17) is 0 Å². The second-order valence-electron chi connectivity index (χ2n) is 4.89. The topological polar surface area (TPSA) is 95.9 Å². The van der Waals surface area contributed by atoms with Crippen molar-refractivity contribution in [2.75, 3.05) is 6.61 Å². The molecular formula is C10H15F2O6-. The van der Waals surface area contributed by atoms with E-state index in [2.05, 4.69) is 9.47 Å². The van der Waals surface area contributed by atoms with Gasteiger partial charge < -0.3 is 24.5 Å². The van der Waals surface area contributed by atoms with Crippen molar-refractivity contribution in [3.8, 4) is 0 Å². The van der Waals surface area contributed by atoms with E-state index in [1.54, 1.807) is 0 Å². The Balaban J connectivity index is 4.54. The minimum atomic E-state index is -4.56. The lowest BCUT2D eigenvalue weighted by Gasteiger charge is -2.32. The van der Waals surface area contributed by atoms with Crippen LogP contribution in [0.25, 0.3) is 0 Å². The zero-order valence-electron chi connectivity index (χ0n) is 10.5. The van der Waals surface area contributed by atoms with Crippen molar-refractivity contribution in [1.29, 1.82) is 0 Å². The third-order valence-electron chi connectivity index (χ3n) is 1.79. The van der Waals surface area contributed by atoms with Crippen LogP contribution in [-0.2, 0) is 14.3 Å². The van der Waals surface area contributed by atoms with E-state index in [1.165, 1.54) is 20.8 Å². The van der Waals surface area contributed by atoms with E-state index in [0.29, 0.717) is 6.92 Å². The van der Waals surface area contributed by atoms with Gasteiger partial charge in [0.1, 0.15) is 18.2 Å². The SMILES string of the molecule is CC(C)(C)OC(=O)OCC(C)(O)C(F)(F)C(=O)[O-]. The fourth-order valence-corrected chi connectivity index (χ4v) is 0.789. The third-order valence-corrected chi connectivity index (χ3v) is 1.79. The number of carbonyl (C=O) groups is 2. The molecule has 1 N–H and O–H groups in total. The summed E-state index contributed by atoms with van der Waals surface area (Å²) in [6.07, 6.45) is -1.29. The van der Waals surface area contributed by atoms with Gasteiger partial charge in [0.05, 0.1) is 0 Å². The van der Waals surface area contributed by atoms with Crippen LogP contribution in [0, 0.1) is 0 Å². The van der Waals surface area contributed by atoms with Crippen LogP contribution in [0.3, 0.4) is 0 Å². The van der Waals surface area contributed by atoms with E-state index in [9.17, 15) is 28.6 Å². The summed E-state index contributed by atoms with van der Waals surface area (Å²) in [5.41, 5.74) is -4.00. The number of halogens is 2. The van der Waals surface area contributed by atoms with Crippen LogP contribution in [-0.4, -0.2) is 41.0 Å². The van der Waals surface area contributed by atoms with Gasteiger partial charge in [0.15, 0.2) is 5.60 Å². The van der Waals surface area contributed by atoms with Gasteiger partial charge in [0, 0.05) is 0 Å². The van der Waals surface area contributed by atoms with Gasteiger partial charge in [-0.15, -0.1) is 0 Å². The number of carbonyl (C=O) groups excluding carboxylic acids is 2. The summed E-state index contributed by atoms with van der Waals surface area (Å²) in [6.45, 7) is 3.81. The van der Waals surface area contributed by atoms with Gasteiger partial charge in [0.2, 0.25) is 0 Å². The summed E-state index contributed by atoms with van der Waals surface area (Å²) in [5.74, 6) is -7.32. The minimum absolute atomic E-state index is 0.507. The van der Waals surface area contributed by atoms with E-state index in [-0.39, 0.29) is 0 Å². The molecule has 8 heteroatoms. The van der Waals surface area contributed by atoms with Gasteiger partial charge >= 0.3 is 12.1 Å². The highest BCUT2D eigenvalue weighted by Gasteiger charge is 2.51. The summed E-state index contributed by atoms with van der Waals surface area (Å²) < 4.78 is 34.8. The Morgan fingerprint density at radius 1 is 1.22 bits per heavy atom. The lowest BCUT2D eigenvalue weighted by atomic mass is 9.99. The van der Waals surface area contributed by atoms with Gasteiger partial charge in [-0.1, -0.05) is 0 Å². The molecule has 0 aliphatic carbocycles. The van der Waals surface area contributed by atoms with Crippen LogP contribution in [0.5, 0.6) is 0 Å². The average molecular weight is 269 g/mol. The molecule has 0 spiro atoms.